The zero-order valence-electron chi connectivity index (χ0n) is 12.2. The summed E-state index contributed by atoms with van der Waals surface area (Å²) in [6, 6.07) is 2.13. The molecule has 5 heteroatoms. The zero-order chi connectivity index (χ0) is 14.2. The molecule has 2 heterocycles. The lowest BCUT2D eigenvalue weighted by atomic mass is 10.1. The minimum atomic E-state index is 0.190. The van der Waals surface area contributed by atoms with E-state index >= 15 is 0 Å². The first-order valence-corrected chi connectivity index (χ1v) is 8.30. The molecule has 0 atom stereocenters. The third-order valence-electron chi connectivity index (χ3n) is 3.50. The number of unbranched alkanes of at least 4 members (excludes halogenated alkanes) is 1. The number of hydrogen-bond donors (Lipinski definition) is 1. The van der Waals surface area contributed by atoms with Crippen LogP contribution in [0.3, 0.4) is 0 Å². The summed E-state index contributed by atoms with van der Waals surface area (Å²) in [5.41, 5.74) is 1.32. The first-order valence-electron chi connectivity index (χ1n) is 7.42. The van der Waals surface area contributed by atoms with Gasteiger partial charge >= 0.3 is 0 Å². The standard InChI is InChI=1S/C15H24N2O2S/c1-2-3-8-19-9-6-16-11-15(18)17-7-4-14-13(12-17)5-10-20-14/h5,10,16H,2-4,6-9,11-12H2,1H3. The molecule has 1 aromatic rings. The summed E-state index contributed by atoms with van der Waals surface area (Å²) in [5, 5.41) is 5.28. The number of ether oxygens (including phenoxy) is 1. The lowest BCUT2D eigenvalue weighted by Crippen LogP contribution is -2.41. The van der Waals surface area contributed by atoms with Gasteiger partial charge in [-0.2, -0.15) is 0 Å². The Bertz CT molecular complexity index is 420. The fourth-order valence-electron chi connectivity index (χ4n) is 2.26. The highest BCUT2D eigenvalue weighted by molar-refractivity contribution is 7.10. The van der Waals surface area contributed by atoms with Crippen molar-refractivity contribution < 1.29 is 9.53 Å². The third-order valence-corrected chi connectivity index (χ3v) is 4.53. The minimum absolute atomic E-state index is 0.190. The van der Waals surface area contributed by atoms with Gasteiger partial charge in [-0.15, -0.1) is 11.3 Å². The molecule has 112 valence electrons. The summed E-state index contributed by atoms with van der Waals surface area (Å²) in [6.07, 6.45) is 3.26. The topological polar surface area (TPSA) is 41.6 Å². The van der Waals surface area contributed by atoms with Gasteiger partial charge in [0.1, 0.15) is 0 Å². The van der Waals surface area contributed by atoms with Crippen LogP contribution < -0.4 is 5.32 Å². The van der Waals surface area contributed by atoms with E-state index < -0.39 is 0 Å². The molecule has 20 heavy (non-hydrogen) atoms. The van der Waals surface area contributed by atoms with Crippen LogP contribution in [0.2, 0.25) is 0 Å². The van der Waals surface area contributed by atoms with Crippen molar-refractivity contribution >= 4 is 17.2 Å². The van der Waals surface area contributed by atoms with E-state index in [2.05, 4.69) is 23.7 Å². The number of amides is 1. The molecule has 0 fully saturated rings. The van der Waals surface area contributed by atoms with E-state index in [0.717, 1.165) is 45.5 Å². The van der Waals surface area contributed by atoms with Gasteiger partial charge < -0.3 is 15.0 Å². The van der Waals surface area contributed by atoms with E-state index in [-0.39, 0.29) is 5.91 Å². The van der Waals surface area contributed by atoms with Gasteiger partial charge in [0.05, 0.1) is 13.2 Å². The molecule has 0 spiro atoms. The lowest BCUT2D eigenvalue weighted by Gasteiger charge is -2.27. The fourth-order valence-corrected chi connectivity index (χ4v) is 3.15. The van der Waals surface area contributed by atoms with Crippen LogP contribution in [0.1, 0.15) is 30.2 Å². The van der Waals surface area contributed by atoms with Gasteiger partial charge in [-0.25, -0.2) is 0 Å². The van der Waals surface area contributed by atoms with Crippen molar-refractivity contribution in [2.45, 2.75) is 32.7 Å². The number of hydrogen-bond acceptors (Lipinski definition) is 4. The van der Waals surface area contributed by atoms with Crippen molar-refractivity contribution in [2.75, 3.05) is 32.8 Å². The molecule has 0 bridgehead atoms. The molecule has 1 N–H and O–H groups in total. The Kier molecular flexibility index (Phi) is 6.50. The first-order chi connectivity index (χ1) is 9.81. The first kappa shape index (κ1) is 15.5. The Balaban J connectivity index is 1.59. The van der Waals surface area contributed by atoms with E-state index in [1.807, 2.05) is 4.90 Å². The van der Waals surface area contributed by atoms with Crippen LogP contribution in [-0.2, 0) is 22.5 Å². The van der Waals surface area contributed by atoms with Crippen molar-refractivity contribution in [2.24, 2.45) is 0 Å². The second-order valence-corrected chi connectivity index (χ2v) is 6.08. The van der Waals surface area contributed by atoms with Gasteiger partial charge in [0.25, 0.3) is 0 Å². The molecule has 1 aliphatic rings. The van der Waals surface area contributed by atoms with Crippen molar-refractivity contribution in [1.29, 1.82) is 0 Å². The Hall–Kier alpha value is -0.910. The number of carbonyl (C=O) groups excluding carboxylic acids is 1. The predicted octanol–water partition coefficient (Wildman–Crippen LogP) is 2.04. The average Bonchev–Trinajstić information content (AvgIpc) is 2.93. The number of thiophene rings is 1. The van der Waals surface area contributed by atoms with Gasteiger partial charge in [0, 0.05) is 31.1 Å². The predicted molar refractivity (Wildman–Crippen MR) is 82.0 cm³/mol. The largest absolute Gasteiger partial charge is 0.380 e. The molecule has 0 aromatic carbocycles. The molecule has 1 aromatic heterocycles. The van der Waals surface area contributed by atoms with Crippen LogP contribution in [0.15, 0.2) is 11.4 Å². The monoisotopic (exact) mass is 296 g/mol. The second kappa shape index (κ2) is 8.39. The number of nitrogens with zero attached hydrogens (tertiary/aromatic N) is 1. The van der Waals surface area contributed by atoms with E-state index in [9.17, 15) is 4.79 Å². The molecular weight excluding hydrogens is 272 g/mol. The number of fused-ring (bicyclic) bond motifs is 1. The Morgan fingerprint density at radius 2 is 2.40 bits per heavy atom. The van der Waals surface area contributed by atoms with Gasteiger partial charge in [0.2, 0.25) is 5.91 Å². The maximum absolute atomic E-state index is 12.1. The minimum Gasteiger partial charge on any atom is -0.380 e. The molecule has 1 aliphatic heterocycles. The van der Waals surface area contributed by atoms with Crippen LogP contribution in [0, 0.1) is 0 Å². The van der Waals surface area contributed by atoms with Gasteiger partial charge in [0.15, 0.2) is 0 Å². The summed E-state index contributed by atoms with van der Waals surface area (Å²) in [5.74, 6) is 0.190. The molecule has 0 saturated carbocycles. The molecule has 0 aliphatic carbocycles. The van der Waals surface area contributed by atoms with Crippen molar-refractivity contribution in [3.05, 3.63) is 21.9 Å². The smallest absolute Gasteiger partial charge is 0.236 e. The van der Waals surface area contributed by atoms with Crippen LogP contribution in [-0.4, -0.2) is 43.7 Å². The molecule has 0 unspecified atom stereocenters. The number of rotatable bonds is 8. The van der Waals surface area contributed by atoms with Gasteiger partial charge in [-0.05, 0) is 29.9 Å². The summed E-state index contributed by atoms with van der Waals surface area (Å²) in [7, 11) is 0. The SMILES string of the molecule is CCCCOCCNCC(=O)N1CCc2sccc2C1. The van der Waals surface area contributed by atoms with Crippen LogP contribution in [0.4, 0.5) is 0 Å². The summed E-state index contributed by atoms with van der Waals surface area (Å²) < 4.78 is 5.45. The third kappa shape index (κ3) is 4.58. The zero-order valence-corrected chi connectivity index (χ0v) is 13.0. The Labute approximate surface area is 125 Å². The fraction of sp³-hybridized carbons (Fsp3) is 0.667. The Morgan fingerprint density at radius 3 is 3.25 bits per heavy atom. The molecule has 4 nitrogen and oxygen atoms in total. The highest BCUT2D eigenvalue weighted by Gasteiger charge is 2.20. The maximum Gasteiger partial charge on any atom is 0.236 e. The van der Waals surface area contributed by atoms with Gasteiger partial charge in [-0.1, -0.05) is 13.3 Å². The molecular formula is C15H24N2O2S. The van der Waals surface area contributed by atoms with Crippen LogP contribution >= 0.6 is 11.3 Å². The van der Waals surface area contributed by atoms with E-state index in [1.54, 1.807) is 11.3 Å². The highest BCUT2D eigenvalue weighted by Crippen LogP contribution is 2.23. The van der Waals surface area contributed by atoms with Crippen LogP contribution in [0.5, 0.6) is 0 Å². The molecule has 0 saturated heterocycles. The maximum atomic E-state index is 12.1. The average molecular weight is 296 g/mol. The normalized spacial score (nSPS) is 14.3. The summed E-state index contributed by atoms with van der Waals surface area (Å²) >= 11 is 1.80. The number of nitrogens with one attached hydrogen (secondary N) is 1. The van der Waals surface area contributed by atoms with Crippen molar-refractivity contribution in [3.63, 3.8) is 0 Å². The van der Waals surface area contributed by atoms with Crippen LogP contribution in [0.25, 0.3) is 0 Å². The molecule has 2 rings (SSSR count). The molecule has 0 radical (unpaired) electrons. The highest BCUT2D eigenvalue weighted by atomic mass is 32.1. The molecule has 1 amide bonds. The van der Waals surface area contributed by atoms with E-state index in [0.29, 0.717) is 13.2 Å². The van der Waals surface area contributed by atoms with E-state index in [4.69, 9.17) is 4.74 Å². The van der Waals surface area contributed by atoms with Crippen molar-refractivity contribution in [1.82, 2.24) is 10.2 Å². The quantitative estimate of drug-likeness (QED) is 0.746. The lowest BCUT2D eigenvalue weighted by molar-refractivity contribution is -0.131. The summed E-state index contributed by atoms with van der Waals surface area (Å²) in [4.78, 5) is 15.5. The second-order valence-electron chi connectivity index (χ2n) is 5.08. The Morgan fingerprint density at radius 1 is 1.50 bits per heavy atom. The van der Waals surface area contributed by atoms with Crippen molar-refractivity contribution in [3.8, 4) is 0 Å². The van der Waals surface area contributed by atoms with E-state index in [1.165, 1.54) is 10.4 Å². The summed E-state index contributed by atoms with van der Waals surface area (Å²) in [6.45, 7) is 6.43. The number of carbonyl (C=O) groups is 1. The van der Waals surface area contributed by atoms with Gasteiger partial charge in [-0.3, -0.25) is 4.79 Å².